The third-order valence-corrected chi connectivity index (χ3v) is 7.02. The van der Waals surface area contributed by atoms with Crippen LogP contribution in [0.1, 0.15) is 29.8 Å². The van der Waals surface area contributed by atoms with Gasteiger partial charge in [0.15, 0.2) is 0 Å². The number of aromatic nitrogens is 1. The van der Waals surface area contributed by atoms with Crippen molar-refractivity contribution in [3.8, 4) is 11.1 Å². The van der Waals surface area contributed by atoms with Crippen molar-refractivity contribution in [1.29, 1.82) is 0 Å². The number of hydrogen-bond donors (Lipinski definition) is 0. The van der Waals surface area contributed by atoms with Gasteiger partial charge < -0.3 is 4.57 Å². The van der Waals surface area contributed by atoms with Crippen LogP contribution in [0.3, 0.4) is 0 Å². The summed E-state index contributed by atoms with van der Waals surface area (Å²) in [6.45, 7) is 1.50. The van der Waals surface area contributed by atoms with Crippen LogP contribution in [-0.2, 0) is 11.8 Å². The number of thiophene rings is 1. The summed E-state index contributed by atoms with van der Waals surface area (Å²) in [5, 5.41) is 9.62. The average Bonchev–Trinajstić information content (AvgIpc) is 3.46. The number of hydrazone groups is 1. The smallest absolute Gasteiger partial charge is 0.260 e. The molecule has 0 radical (unpaired) electrons. The molecule has 0 aliphatic carbocycles. The molecule has 0 N–H and O–H groups in total. The number of halogens is 1. The maximum absolute atomic E-state index is 13.7. The van der Waals surface area contributed by atoms with Crippen LogP contribution in [0.25, 0.3) is 22.0 Å². The van der Waals surface area contributed by atoms with E-state index in [9.17, 15) is 9.59 Å². The normalized spacial score (nSPS) is 15.9. The maximum atomic E-state index is 13.7. The van der Waals surface area contributed by atoms with Crippen molar-refractivity contribution in [2.45, 2.75) is 19.4 Å². The van der Waals surface area contributed by atoms with Crippen molar-refractivity contribution in [2.75, 3.05) is 0 Å². The molecule has 7 heteroatoms. The van der Waals surface area contributed by atoms with Crippen molar-refractivity contribution in [2.24, 2.45) is 12.1 Å². The standard InChI is InChI=1S/C25H20ClN3O2S/c1-15(30)29-21(22-9-6-12-32-22)14-19(27-29)24-23(16-7-4-3-5-8-16)18-13-17(26)10-11-20(18)28(2)25(24)31/h3-13,21H,14H2,1-2H3. The number of pyridine rings is 1. The van der Waals surface area contributed by atoms with Crippen LogP contribution in [0.15, 0.2) is 75.9 Å². The van der Waals surface area contributed by atoms with Gasteiger partial charge in [0.25, 0.3) is 5.56 Å². The van der Waals surface area contributed by atoms with E-state index in [2.05, 4.69) is 5.10 Å². The largest absolute Gasteiger partial charge is 0.311 e. The average molecular weight is 462 g/mol. The molecule has 1 aliphatic rings. The van der Waals surface area contributed by atoms with E-state index in [1.54, 1.807) is 29.0 Å². The Kier molecular flexibility index (Phi) is 5.19. The van der Waals surface area contributed by atoms with E-state index in [-0.39, 0.29) is 17.5 Å². The zero-order valence-electron chi connectivity index (χ0n) is 17.6. The zero-order chi connectivity index (χ0) is 22.4. The molecule has 2 aromatic heterocycles. The van der Waals surface area contributed by atoms with Crippen molar-refractivity contribution in [3.63, 3.8) is 0 Å². The molecule has 160 valence electrons. The zero-order valence-corrected chi connectivity index (χ0v) is 19.2. The Labute approximate surface area is 194 Å². The summed E-state index contributed by atoms with van der Waals surface area (Å²) >= 11 is 7.95. The molecule has 0 bridgehead atoms. The molecule has 4 aromatic rings. The van der Waals surface area contributed by atoms with Gasteiger partial charge in [0.05, 0.1) is 22.8 Å². The molecule has 1 atom stereocenters. The molecule has 5 nitrogen and oxygen atoms in total. The number of carbonyl (C=O) groups is 1. The lowest BCUT2D eigenvalue weighted by molar-refractivity contribution is -0.130. The summed E-state index contributed by atoms with van der Waals surface area (Å²) in [5.41, 5.74) is 3.47. The first-order valence-electron chi connectivity index (χ1n) is 10.2. The summed E-state index contributed by atoms with van der Waals surface area (Å²) in [5.74, 6) is -0.152. The molecule has 0 fully saturated rings. The minimum atomic E-state index is -0.217. The van der Waals surface area contributed by atoms with Gasteiger partial charge in [-0.3, -0.25) is 9.59 Å². The molecule has 3 heterocycles. The molecule has 2 aromatic carbocycles. The maximum Gasteiger partial charge on any atom is 0.260 e. The number of nitrogens with zero attached hydrogens (tertiary/aromatic N) is 3. The summed E-state index contributed by atoms with van der Waals surface area (Å²) < 4.78 is 1.63. The summed E-state index contributed by atoms with van der Waals surface area (Å²) in [6.07, 6.45) is 0.473. The molecule has 1 amide bonds. The monoisotopic (exact) mass is 461 g/mol. The Hall–Kier alpha value is -3.22. The van der Waals surface area contributed by atoms with Crippen LogP contribution < -0.4 is 5.56 Å². The molecule has 0 saturated heterocycles. The Bertz CT molecular complexity index is 1430. The second-order valence-electron chi connectivity index (χ2n) is 7.79. The predicted molar refractivity (Wildman–Crippen MR) is 130 cm³/mol. The Morgan fingerprint density at radius 3 is 2.56 bits per heavy atom. The number of carbonyl (C=O) groups excluding carboxylic acids is 1. The Balaban J connectivity index is 1.81. The fourth-order valence-corrected chi connectivity index (χ4v) is 5.33. The van der Waals surface area contributed by atoms with E-state index in [0.717, 1.165) is 26.9 Å². The second-order valence-corrected chi connectivity index (χ2v) is 9.20. The van der Waals surface area contributed by atoms with Crippen LogP contribution in [0.4, 0.5) is 0 Å². The van der Waals surface area contributed by atoms with Gasteiger partial charge in [0.1, 0.15) is 0 Å². The van der Waals surface area contributed by atoms with Crippen LogP contribution in [-0.4, -0.2) is 21.2 Å². The molecular formula is C25H20ClN3O2S. The molecular weight excluding hydrogens is 442 g/mol. The van der Waals surface area contributed by atoms with Crippen LogP contribution in [0, 0.1) is 0 Å². The number of aryl methyl sites for hydroxylation is 1. The molecule has 32 heavy (non-hydrogen) atoms. The van der Waals surface area contributed by atoms with Crippen molar-refractivity contribution in [3.05, 3.63) is 91.9 Å². The lowest BCUT2D eigenvalue weighted by atomic mass is 9.91. The van der Waals surface area contributed by atoms with Gasteiger partial charge >= 0.3 is 0 Å². The summed E-state index contributed by atoms with van der Waals surface area (Å²) in [7, 11) is 1.76. The van der Waals surface area contributed by atoms with Gasteiger partial charge in [-0.05, 0) is 35.2 Å². The number of benzene rings is 2. The minimum Gasteiger partial charge on any atom is -0.311 e. The lowest BCUT2D eigenvalue weighted by Gasteiger charge is -2.18. The molecule has 5 rings (SSSR count). The molecule has 1 aliphatic heterocycles. The minimum absolute atomic E-state index is 0.146. The lowest BCUT2D eigenvalue weighted by Crippen LogP contribution is -2.26. The van der Waals surface area contributed by atoms with Gasteiger partial charge in [-0.1, -0.05) is 48.0 Å². The van der Waals surface area contributed by atoms with Gasteiger partial charge in [0.2, 0.25) is 5.91 Å². The van der Waals surface area contributed by atoms with Crippen molar-refractivity contribution < 1.29 is 4.79 Å². The van der Waals surface area contributed by atoms with E-state index in [4.69, 9.17) is 11.6 Å². The number of rotatable bonds is 3. The fraction of sp³-hybridized carbons (Fsp3) is 0.160. The third-order valence-electron chi connectivity index (χ3n) is 5.81. The van der Waals surface area contributed by atoms with Gasteiger partial charge in [0, 0.05) is 41.2 Å². The first kappa shape index (κ1) is 20.7. The molecule has 0 spiro atoms. The predicted octanol–water partition coefficient (Wildman–Crippen LogP) is 5.62. The first-order valence-corrected chi connectivity index (χ1v) is 11.5. The highest BCUT2D eigenvalue weighted by atomic mass is 35.5. The highest BCUT2D eigenvalue weighted by Gasteiger charge is 2.34. The van der Waals surface area contributed by atoms with Gasteiger partial charge in [-0.25, -0.2) is 5.01 Å². The van der Waals surface area contributed by atoms with E-state index in [1.807, 2.05) is 60.0 Å². The Morgan fingerprint density at radius 2 is 1.88 bits per heavy atom. The van der Waals surface area contributed by atoms with Crippen LogP contribution in [0.2, 0.25) is 5.02 Å². The van der Waals surface area contributed by atoms with E-state index < -0.39 is 0 Å². The van der Waals surface area contributed by atoms with Crippen molar-refractivity contribution >= 4 is 45.5 Å². The molecule has 0 saturated carbocycles. The quantitative estimate of drug-likeness (QED) is 0.397. The second kappa shape index (κ2) is 8.04. The summed E-state index contributed by atoms with van der Waals surface area (Å²) in [6, 6.07) is 19.1. The highest BCUT2D eigenvalue weighted by Crippen LogP contribution is 2.38. The molecule has 1 unspecified atom stereocenters. The fourth-order valence-electron chi connectivity index (χ4n) is 4.35. The summed E-state index contributed by atoms with van der Waals surface area (Å²) in [4.78, 5) is 27.1. The number of hydrogen-bond acceptors (Lipinski definition) is 4. The third kappa shape index (κ3) is 3.36. The van der Waals surface area contributed by atoms with Gasteiger partial charge in [-0.2, -0.15) is 5.10 Å². The van der Waals surface area contributed by atoms with Crippen LogP contribution in [0.5, 0.6) is 0 Å². The topological polar surface area (TPSA) is 54.7 Å². The van der Waals surface area contributed by atoms with E-state index in [1.165, 1.54) is 11.9 Å². The SMILES string of the molecule is CC(=O)N1N=C(c2c(-c3ccccc3)c3cc(Cl)ccc3n(C)c2=O)CC1c1cccs1. The first-order chi connectivity index (χ1) is 15.5. The Morgan fingerprint density at radius 1 is 1.09 bits per heavy atom. The van der Waals surface area contributed by atoms with E-state index >= 15 is 0 Å². The van der Waals surface area contributed by atoms with Crippen molar-refractivity contribution in [1.82, 2.24) is 9.58 Å². The number of amides is 1. The number of fused-ring (bicyclic) bond motifs is 1. The van der Waals surface area contributed by atoms with Crippen LogP contribution >= 0.6 is 22.9 Å². The van der Waals surface area contributed by atoms with E-state index in [0.29, 0.717) is 22.7 Å². The highest BCUT2D eigenvalue weighted by molar-refractivity contribution is 7.10. The van der Waals surface area contributed by atoms with Gasteiger partial charge in [-0.15, -0.1) is 11.3 Å².